The minimum Gasteiger partial charge on any atom is -0.289 e. The van der Waals surface area contributed by atoms with Crippen LogP contribution in [0.15, 0.2) is 53.9 Å². The molecule has 0 saturated heterocycles. The first-order valence-electron chi connectivity index (χ1n) is 7.58. The molecular formula is C18H13ClN4OS. The van der Waals surface area contributed by atoms with E-state index in [1.807, 2.05) is 24.4 Å². The fourth-order valence-electron chi connectivity index (χ4n) is 2.46. The largest absolute Gasteiger partial charge is 0.289 e. The van der Waals surface area contributed by atoms with Gasteiger partial charge in [-0.3, -0.25) is 10.1 Å². The SMILES string of the molecule is Cc1ccc(-c2csc3nc(NC(=O)c4cccc(Cl)c4)nn23)cc1. The minimum absolute atomic E-state index is 0.269. The topological polar surface area (TPSA) is 59.3 Å². The van der Waals surface area contributed by atoms with Crippen molar-refractivity contribution in [3.63, 3.8) is 0 Å². The monoisotopic (exact) mass is 368 g/mol. The Hall–Kier alpha value is -2.70. The van der Waals surface area contributed by atoms with Gasteiger partial charge in [-0.1, -0.05) is 47.5 Å². The van der Waals surface area contributed by atoms with E-state index in [-0.39, 0.29) is 11.9 Å². The van der Waals surface area contributed by atoms with E-state index in [2.05, 4.69) is 27.5 Å². The van der Waals surface area contributed by atoms with Gasteiger partial charge in [0.2, 0.25) is 4.96 Å². The van der Waals surface area contributed by atoms with Crippen LogP contribution in [-0.4, -0.2) is 20.5 Å². The number of rotatable bonds is 3. The highest BCUT2D eigenvalue weighted by atomic mass is 35.5. The first kappa shape index (κ1) is 15.8. The standard InChI is InChI=1S/C18H13ClN4OS/c1-11-5-7-12(8-6-11)15-10-25-18-21-17(22-23(15)18)20-16(24)13-3-2-4-14(19)9-13/h2-10H,1H3,(H,20,22,24). The summed E-state index contributed by atoms with van der Waals surface area (Å²) in [6.45, 7) is 2.05. The molecule has 0 bridgehead atoms. The number of hydrogen-bond donors (Lipinski definition) is 1. The van der Waals surface area contributed by atoms with Crippen molar-refractivity contribution in [1.82, 2.24) is 14.6 Å². The lowest BCUT2D eigenvalue weighted by Gasteiger charge is -2.01. The molecule has 124 valence electrons. The molecule has 0 atom stereocenters. The van der Waals surface area contributed by atoms with Gasteiger partial charge in [0.1, 0.15) is 0 Å². The van der Waals surface area contributed by atoms with E-state index in [0.29, 0.717) is 10.6 Å². The van der Waals surface area contributed by atoms with Crippen LogP contribution in [0.4, 0.5) is 5.95 Å². The van der Waals surface area contributed by atoms with Crippen LogP contribution >= 0.6 is 22.9 Å². The van der Waals surface area contributed by atoms with E-state index in [1.54, 1.807) is 28.8 Å². The van der Waals surface area contributed by atoms with Gasteiger partial charge < -0.3 is 0 Å². The van der Waals surface area contributed by atoms with Crippen LogP contribution in [0.2, 0.25) is 5.02 Å². The summed E-state index contributed by atoms with van der Waals surface area (Å²) in [7, 11) is 0. The zero-order chi connectivity index (χ0) is 17.4. The van der Waals surface area contributed by atoms with E-state index in [4.69, 9.17) is 11.6 Å². The molecule has 0 aliphatic carbocycles. The van der Waals surface area contributed by atoms with Gasteiger partial charge in [0.05, 0.1) is 5.69 Å². The fraction of sp³-hybridized carbons (Fsp3) is 0.0556. The van der Waals surface area contributed by atoms with Crippen LogP contribution in [0.25, 0.3) is 16.2 Å². The number of fused-ring (bicyclic) bond motifs is 1. The summed E-state index contributed by atoms with van der Waals surface area (Å²) < 4.78 is 1.74. The number of benzene rings is 2. The number of nitrogens with zero attached hydrogens (tertiary/aromatic N) is 3. The van der Waals surface area contributed by atoms with Crippen molar-refractivity contribution in [1.29, 1.82) is 0 Å². The average Bonchev–Trinajstić information content (AvgIpc) is 3.16. The maximum Gasteiger partial charge on any atom is 0.258 e. The molecule has 2 heterocycles. The quantitative estimate of drug-likeness (QED) is 0.571. The number of aryl methyl sites for hydroxylation is 1. The Balaban J connectivity index is 1.64. The molecule has 2 aromatic heterocycles. The highest BCUT2D eigenvalue weighted by molar-refractivity contribution is 7.15. The molecule has 5 nitrogen and oxygen atoms in total. The molecule has 2 aromatic carbocycles. The van der Waals surface area contributed by atoms with Crippen LogP contribution < -0.4 is 5.32 Å². The Morgan fingerprint density at radius 1 is 1.20 bits per heavy atom. The lowest BCUT2D eigenvalue weighted by atomic mass is 10.1. The first-order valence-corrected chi connectivity index (χ1v) is 8.84. The summed E-state index contributed by atoms with van der Waals surface area (Å²) in [4.78, 5) is 17.4. The predicted molar refractivity (Wildman–Crippen MR) is 100 cm³/mol. The van der Waals surface area contributed by atoms with Crippen LogP contribution in [0.1, 0.15) is 15.9 Å². The number of halogens is 1. The van der Waals surface area contributed by atoms with E-state index in [0.717, 1.165) is 16.2 Å². The smallest absolute Gasteiger partial charge is 0.258 e. The molecule has 0 aliphatic heterocycles. The Bertz CT molecular complexity index is 1070. The van der Waals surface area contributed by atoms with Crippen molar-refractivity contribution in [2.24, 2.45) is 0 Å². The van der Waals surface area contributed by atoms with Gasteiger partial charge >= 0.3 is 0 Å². The molecule has 1 N–H and O–H groups in total. The predicted octanol–water partition coefficient (Wildman–Crippen LogP) is 4.67. The summed E-state index contributed by atoms with van der Waals surface area (Å²) in [5.41, 5.74) is 3.65. The van der Waals surface area contributed by atoms with Crippen molar-refractivity contribution in [3.05, 3.63) is 70.1 Å². The highest BCUT2D eigenvalue weighted by Gasteiger charge is 2.14. The van der Waals surface area contributed by atoms with Gasteiger partial charge in [-0.05, 0) is 25.1 Å². The summed E-state index contributed by atoms with van der Waals surface area (Å²) in [6, 6.07) is 14.9. The Morgan fingerprint density at radius 2 is 2.00 bits per heavy atom. The van der Waals surface area contributed by atoms with Crippen molar-refractivity contribution < 1.29 is 4.79 Å². The summed E-state index contributed by atoms with van der Waals surface area (Å²) in [5.74, 6) is -0.0252. The number of carbonyl (C=O) groups is 1. The molecule has 0 aliphatic rings. The van der Waals surface area contributed by atoms with Crippen molar-refractivity contribution in [3.8, 4) is 11.3 Å². The van der Waals surface area contributed by atoms with Crippen LogP contribution in [-0.2, 0) is 0 Å². The summed E-state index contributed by atoms with van der Waals surface area (Å²) >= 11 is 7.40. The zero-order valence-corrected chi connectivity index (χ0v) is 14.8. The third-order valence-electron chi connectivity index (χ3n) is 3.74. The van der Waals surface area contributed by atoms with Crippen LogP contribution in [0, 0.1) is 6.92 Å². The normalized spacial score (nSPS) is 11.0. The number of amides is 1. The lowest BCUT2D eigenvalue weighted by Crippen LogP contribution is -2.13. The maximum absolute atomic E-state index is 12.3. The average molecular weight is 369 g/mol. The number of nitrogens with one attached hydrogen (secondary N) is 1. The van der Waals surface area contributed by atoms with E-state index in [9.17, 15) is 4.79 Å². The molecular weight excluding hydrogens is 356 g/mol. The fourth-order valence-corrected chi connectivity index (χ4v) is 3.48. The van der Waals surface area contributed by atoms with Crippen LogP contribution in [0.5, 0.6) is 0 Å². The Kier molecular flexibility index (Phi) is 3.99. The van der Waals surface area contributed by atoms with Gasteiger partial charge in [0.15, 0.2) is 0 Å². The molecule has 4 rings (SSSR count). The van der Waals surface area contributed by atoms with E-state index < -0.39 is 0 Å². The maximum atomic E-state index is 12.3. The third-order valence-corrected chi connectivity index (χ3v) is 4.79. The highest BCUT2D eigenvalue weighted by Crippen LogP contribution is 2.26. The second kappa shape index (κ2) is 6.31. The van der Waals surface area contributed by atoms with E-state index >= 15 is 0 Å². The summed E-state index contributed by atoms with van der Waals surface area (Å²) in [6.07, 6.45) is 0. The van der Waals surface area contributed by atoms with Gasteiger partial charge in [-0.25, -0.2) is 4.52 Å². The molecule has 1 amide bonds. The van der Waals surface area contributed by atoms with Gasteiger partial charge in [-0.2, -0.15) is 4.98 Å². The molecule has 4 aromatic rings. The van der Waals surface area contributed by atoms with Crippen LogP contribution in [0.3, 0.4) is 0 Å². The minimum atomic E-state index is -0.294. The first-order chi connectivity index (χ1) is 12.1. The number of anilines is 1. The molecule has 0 radical (unpaired) electrons. The van der Waals surface area contributed by atoms with Gasteiger partial charge in [0.25, 0.3) is 11.9 Å². The second-order valence-electron chi connectivity index (χ2n) is 5.58. The molecule has 0 spiro atoms. The molecule has 25 heavy (non-hydrogen) atoms. The van der Waals surface area contributed by atoms with E-state index in [1.165, 1.54) is 16.9 Å². The number of thiazole rings is 1. The molecule has 0 fully saturated rings. The van der Waals surface area contributed by atoms with Crippen molar-refractivity contribution in [2.45, 2.75) is 6.92 Å². The van der Waals surface area contributed by atoms with Crippen molar-refractivity contribution in [2.75, 3.05) is 5.32 Å². The zero-order valence-electron chi connectivity index (χ0n) is 13.2. The molecule has 0 saturated carbocycles. The Morgan fingerprint density at radius 3 is 2.76 bits per heavy atom. The summed E-state index contributed by atoms with van der Waals surface area (Å²) in [5, 5.41) is 9.64. The van der Waals surface area contributed by atoms with Gasteiger partial charge in [-0.15, -0.1) is 16.4 Å². The number of aromatic nitrogens is 3. The van der Waals surface area contributed by atoms with Gasteiger partial charge in [0, 0.05) is 21.5 Å². The lowest BCUT2D eigenvalue weighted by molar-refractivity contribution is 0.102. The number of carbonyl (C=O) groups excluding carboxylic acids is 1. The Labute approximate surface area is 152 Å². The second-order valence-corrected chi connectivity index (χ2v) is 6.85. The molecule has 7 heteroatoms. The molecule has 0 unspecified atom stereocenters. The van der Waals surface area contributed by atoms with Crippen molar-refractivity contribution >= 4 is 39.8 Å². The third kappa shape index (κ3) is 3.14. The number of hydrogen-bond acceptors (Lipinski definition) is 4.